The van der Waals surface area contributed by atoms with Crippen molar-refractivity contribution >= 4 is 11.9 Å². The number of hydrogen-bond donors (Lipinski definition) is 3. The molecule has 1 aliphatic rings. The summed E-state index contributed by atoms with van der Waals surface area (Å²) in [5.74, 6) is 0.372. The fourth-order valence-corrected chi connectivity index (χ4v) is 4.07. The standard InChI is InChI=1S/C27H27FN6O3/c1-27(25(35)29-2)15-36-24(37-16-27)23-33-21(18-8-10-19(28)11-9-18)22(34-23)20-12-13-30-26(32-20)31-14-17-6-4-3-5-7-17/h3-13,24H,14-16H2,1-2H3,(H,29,35)(H,33,34)(H,30,31,32). The van der Waals surface area contributed by atoms with Crippen molar-refractivity contribution in [3.63, 3.8) is 0 Å². The molecule has 37 heavy (non-hydrogen) atoms. The van der Waals surface area contributed by atoms with Crippen LogP contribution in [0.5, 0.6) is 0 Å². The number of benzene rings is 2. The summed E-state index contributed by atoms with van der Waals surface area (Å²) in [6.07, 6.45) is 0.857. The lowest BCUT2D eigenvalue weighted by atomic mass is 9.91. The zero-order chi connectivity index (χ0) is 25.8. The van der Waals surface area contributed by atoms with Gasteiger partial charge in [0.15, 0.2) is 5.82 Å². The van der Waals surface area contributed by atoms with E-state index in [-0.39, 0.29) is 24.9 Å². The van der Waals surface area contributed by atoms with Gasteiger partial charge in [-0.15, -0.1) is 0 Å². The van der Waals surface area contributed by atoms with E-state index >= 15 is 0 Å². The third kappa shape index (κ3) is 5.35. The van der Waals surface area contributed by atoms with Gasteiger partial charge in [0.25, 0.3) is 0 Å². The van der Waals surface area contributed by atoms with Crippen LogP contribution < -0.4 is 10.6 Å². The zero-order valence-corrected chi connectivity index (χ0v) is 20.5. The Hall–Kier alpha value is -4.15. The quantitative estimate of drug-likeness (QED) is 0.349. The maximum Gasteiger partial charge on any atom is 0.230 e. The SMILES string of the molecule is CNC(=O)C1(C)COC(c2nc(-c3ccc(F)cc3)c(-c3ccnc(NCc4ccccc4)n3)[nH]2)OC1. The number of hydrogen-bond acceptors (Lipinski definition) is 7. The molecule has 0 aliphatic carbocycles. The van der Waals surface area contributed by atoms with Crippen LogP contribution in [-0.4, -0.2) is 46.1 Å². The van der Waals surface area contributed by atoms with Gasteiger partial charge in [0.2, 0.25) is 18.1 Å². The van der Waals surface area contributed by atoms with Gasteiger partial charge >= 0.3 is 0 Å². The molecule has 5 rings (SSSR count). The average Bonchev–Trinajstić information content (AvgIpc) is 3.38. The number of aromatic nitrogens is 4. The van der Waals surface area contributed by atoms with Crippen LogP contribution in [0.25, 0.3) is 22.6 Å². The molecule has 0 spiro atoms. The molecule has 4 aromatic rings. The number of H-pyrrole nitrogens is 1. The molecule has 2 aromatic carbocycles. The molecule has 3 N–H and O–H groups in total. The lowest BCUT2D eigenvalue weighted by Gasteiger charge is -2.34. The van der Waals surface area contributed by atoms with Crippen molar-refractivity contribution in [1.82, 2.24) is 25.3 Å². The van der Waals surface area contributed by atoms with Gasteiger partial charge in [0.05, 0.1) is 35.7 Å². The number of nitrogens with zero attached hydrogens (tertiary/aromatic N) is 3. The van der Waals surface area contributed by atoms with Crippen LogP contribution >= 0.6 is 0 Å². The Kier molecular flexibility index (Phi) is 6.93. The maximum absolute atomic E-state index is 13.6. The second-order valence-electron chi connectivity index (χ2n) is 9.05. The monoisotopic (exact) mass is 502 g/mol. The van der Waals surface area contributed by atoms with Crippen LogP contribution in [0.2, 0.25) is 0 Å². The molecular weight excluding hydrogens is 475 g/mol. The molecule has 3 heterocycles. The summed E-state index contributed by atoms with van der Waals surface area (Å²) in [5, 5.41) is 5.88. The first-order chi connectivity index (χ1) is 17.9. The molecule has 0 bridgehead atoms. The van der Waals surface area contributed by atoms with E-state index in [0.717, 1.165) is 5.56 Å². The van der Waals surface area contributed by atoms with Gasteiger partial charge in [-0.3, -0.25) is 4.79 Å². The van der Waals surface area contributed by atoms with E-state index in [2.05, 4.69) is 25.6 Å². The fraction of sp³-hybridized carbons (Fsp3) is 0.259. The molecule has 2 aromatic heterocycles. The number of aromatic amines is 1. The number of ether oxygens (including phenoxy) is 2. The predicted molar refractivity (Wildman–Crippen MR) is 136 cm³/mol. The van der Waals surface area contributed by atoms with Crippen molar-refractivity contribution in [1.29, 1.82) is 0 Å². The highest BCUT2D eigenvalue weighted by atomic mass is 19.1. The van der Waals surface area contributed by atoms with Gasteiger partial charge < -0.3 is 25.1 Å². The van der Waals surface area contributed by atoms with E-state index in [1.807, 2.05) is 30.3 Å². The highest BCUT2D eigenvalue weighted by Gasteiger charge is 2.40. The van der Waals surface area contributed by atoms with Gasteiger partial charge in [-0.25, -0.2) is 19.3 Å². The molecule has 10 heteroatoms. The largest absolute Gasteiger partial charge is 0.359 e. The molecule has 190 valence electrons. The highest BCUT2D eigenvalue weighted by Crippen LogP contribution is 2.35. The highest BCUT2D eigenvalue weighted by molar-refractivity contribution is 5.82. The molecule has 1 saturated heterocycles. The molecule has 0 atom stereocenters. The second-order valence-corrected chi connectivity index (χ2v) is 9.05. The lowest BCUT2D eigenvalue weighted by molar-refractivity contribution is -0.230. The normalized spacial score (nSPS) is 19.4. The smallest absolute Gasteiger partial charge is 0.230 e. The Labute approximate surface area is 213 Å². The first-order valence-electron chi connectivity index (χ1n) is 11.9. The van der Waals surface area contributed by atoms with Crippen molar-refractivity contribution in [3.8, 4) is 22.6 Å². The Morgan fingerprint density at radius 3 is 2.51 bits per heavy atom. The first-order valence-corrected chi connectivity index (χ1v) is 11.9. The molecule has 0 radical (unpaired) electrons. The Morgan fingerprint density at radius 2 is 1.81 bits per heavy atom. The van der Waals surface area contributed by atoms with Gasteiger partial charge in [-0.05, 0) is 42.8 Å². The van der Waals surface area contributed by atoms with Crippen LogP contribution in [0.15, 0.2) is 66.9 Å². The van der Waals surface area contributed by atoms with Gasteiger partial charge in [0.1, 0.15) is 5.82 Å². The van der Waals surface area contributed by atoms with Crippen LogP contribution in [0.4, 0.5) is 10.3 Å². The Bertz CT molecular complexity index is 1370. The summed E-state index contributed by atoms with van der Waals surface area (Å²) >= 11 is 0. The predicted octanol–water partition coefficient (Wildman–Crippen LogP) is 4.08. The summed E-state index contributed by atoms with van der Waals surface area (Å²) in [5.41, 5.74) is 2.76. The van der Waals surface area contributed by atoms with E-state index in [0.29, 0.717) is 41.0 Å². The number of halogens is 1. The molecule has 0 saturated carbocycles. The van der Waals surface area contributed by atoms with Crippen LogP contribution in [0.3, 0.4) is 0 Å². The number of carbonyl (C=O) groups is 1. The summed E-state index contributed by atoms with van der Waals surface area (Å²) in [4.78, 5) is 29.2. The van der Waals surface area contributed by atoms with Crippen LogP contribution in [-0.2, 0) is 20.8 Å². The molecule has 0 unspecified atom stereocenters. The summed E-state index contributed by atoms with van der Waals surface area (Å²) < 4.78 is 25.4. The number of amides is 1. The molecule has 1 amide bonds. The molecule has 9 nitrogen and oxygen atoms in total. The third-order valence-corrected chi connectivity index (χ3v) is 6.15. The lowest BCUT2D eigenvalue weighted by Crippen LogP contribution is -2.47. The summed E-state index contributed by atoms with van der Waals surface area (Å²) in [6.45, 7) is 2.68. The van der Waals surface area contributed by atoms with Crippen molar-refractivity contribution < 1.29 is 18.7 Å². The molecule has 1 fully saturated rings. The van der Waals surface area contributed by atoms with Crippen LogP contribution in [0, 0.1) is 11.2 Å². The minimum absolute atomic E-state index is 0.158. The molecular formula is C27H27FN6O3. The van der Waals surface area contributed by atoms with Gasteiger partial charge in [0, 0.05) is 25.4 Å². The number of carbonyl (C=O) groups excluding carboxylic acids is 1. The van der Waals surface area contributed by atoms with E-state index in [1.54, 1.807) is 38.4 Å². The minimum Gasteiger partial charge on any atom is -0.359 e. The number of imidazole rings is 1. The number of anilines is 1. The van der Waals surface area contributed by atoms with Gasteiger partial charge in [-0.1, -0.05) is 30.3 Å². The minimum atomic E-state index is -0.803. The zero-order valence-electron chi connectivity index (χ0n) is 20.5. The topological polar surface area (TPSA) is 114 Å². The number of nitrogens with one attached hydrogen (secondary N) is 3. The van der Waals surface area contributed by atoms with Crippen molar-refractivity contribution in [3.05, 3.63) is 84.1 Å². The van der Waals surface area contributed by atoms with Crippen molar-refractivity contribution in [2.24, 2.45) is 5.41 Å². The first kappa shape index (κ1) is 24.5. The summed E-state index contributed by atoms with van der Waals surface area (Å²) in [7, 11) is 1.58. The number of rotatable bonds is 7. The van der Waals surface area contributed by atoms with E-state index in [1.165, 1.54) is 12.1 Å². The average molecular weight is 503 g/mol. The van der Waals surface area contributed by atoms with E-state index < -0.39 is 11.7 Å². The molecule has 1 aliphatic heterocycles. The maximum atomic E-state index is 13.6. The van der Waals surface area contributed by atoms with Gasteiger partial charge in [-0.2, -0.15) is 0 Å². The Morgan fingerprint density at radius 1 is 1.08 bits per heavy atom. The van der Waals surface area contributed by atoms with Crippen LogP contribution in [0.1, 0.15) is 24.6 Å². The van der Waals surface area contributed by atoms with Crippen molar-refractivity contribution in [2.45, 2.75) is 19.8 Å². The second kappa shape index (κ2) is 10.5. The fourth-order valence-electron chi connectivity index (χ4n) is 4.07. The summed E-state index contributed by atoms with van der Waals surface area (Å²) in [6, 6.07) is 17.8. The Balaban J connectivity index is 1.44. The van der Waals surface area contributed by atoms with E-state index in [4.69, 9.17) is 14.5 Å². The van der Waals surface area contributed by atoms with E-state index in [9.17, 15) is 9.18 Å². The van der Waals surface area contributed by atoms with Crippen molar-refractivity contribution in [2.75, 3.05) is 25.6 Å². The third-order valence-electron chi connectivity index (χ3n) is 6.15.